The molecule has 0 rings (SSSR count). The van der Waals surface area contributed by atoms with Crippen LogP contribution in [0.25, 0.3) is 0 Å². The van der Waals surface area contributed by atoms with Gasteiger partial charge in [-0.2, -0.15) is 0 Å². The first-order valence-electron chi connectivity index (χ1n) is 5.69. The number of unbranched alkanes of at least 4 members (excludes halogenated alkanes) is 2. The predicted octanol–water partition coefficient (Wildman–Crippen LogP) is 1.05. The molecule has 4 nitrogen and oxygen atoms in total. The summed E-state index contributed by atoms with van der Waals surface area (Å²) in [5.74, 6) is 0.135. The largest absolute Gasteiger partial charge is 0.385 e. The lowest BCUT2D eigenvalue weighted by Crippen LogP contribution is -2.33. The van der Waals surface area contributed by atoms with Gasteiger partial charge >= 0.3 is 0 Å². The minimum absolute atomic E-state index is 0.135. The lowest BCUT2D eigenvalue weighted by atomic mass is 10.1. The van der Waals surface area contributed by atoms with Crippen LogP contribution in [-0.2, 0) is 9.53 Å². The lowest BCUT2D eigenvalue weighted by molar-refractivity contribution is -0.121. The molecule has 1 unspecified atom stereocenters. The number of rotatable bonds is 9. The SMILES string of the molecule is COCCC(C)NC(=O)CCCCCN. The summed E-state index contributed by atoms with van der Waals surface area (Å²) < 4.78 is 4.94. The van der Waals surface area contributed by atoms with E-state index in [9.17, 15) is 4.79 Å². The molecular formula is C11H24N2O2. The van der Waals surface area contributed by atoms with E-state index >= 15 is 0 Å². The van der Waals surface area contributed by atoms with Crippen molar-refractivity contribution in [2.45, 2.75) is 45.1 Å². The Morgan fingerprint density at radius 2 is 2.13 bits per heavy atom. The van der Waals surface area contributed by atoms with Crippen molar-refractivity contribution in [1.29, 1.82) is 0 Å². The molecule has 0 aliphatic carbocycles. The van der Waals surface area contributed by atoms with E-state index in [-0.39, 0.29) is 11.9 Å². The number of methoxy groups -OCH3 is 1. The van der Waals surface area contributed by atoms with E-state index in [0.29, 0.717) is 19.6 Å². The normalized spacial score (nSPS) is 12.5. The third kappa shape index (κ3) is 9.69. The number of hydrogen-bond acceptors (Lipinski definition) is 3. The number of nitrogens with two attached hydrogens (primary N) is 1. The molecule has 0 heterocycles. The van der Waals surface area contributed by atoms with Gasteiger partial charge in [0.15, 0.2) is 0 Å². The van der Waals surface area contributed by atoms with Crippen molar-refractivity contribution >= 4 is 5.91 Å². The summed E-state index contributed by atoms with van der Waals surface area (Å²) >= 11 is 0. The molecule has 1 atom stereocenters. The molecule has 0 aliphatic heterocycles. The van der Waals surface area contributed by atoms with Crippen molar-refractivity contribution in [3.8, 4) is 0 Å². The van der Waals surface area contributed by atoms with E-state index in [4.69, 9.17) is 10.5 Å². The van der Waals surface area contributed by atoms with Crippen LogP contribution in [0.5, 0.6) is 0 Å². The van der Waals surface area contributed by atoms with E-state index in [1.807, 2.05) is 6.92 Å². The minimum atomic E-state index is 0.135. The zero-order valence-electron chi connectivity index (χ0n) is 9.92. The smallest absolute Gasteiger partial charge is 0.220 e. The summed E-state index contributed by atoms with van der Waals surface area (Å²) in [5, 5.41) is 2.94. The summed E-state index contributed by atoms with van der Waals surface area (Å²) in [7, 11) is 1.67. The first-order chi connectivity index (χ1) is 7.20. The third-order valence-corrected chi connectivity index (χ3v) is 2.27. The molecule has 90 valence electrons. The van der Waals surface area contributed by atoms with Crippen LogP contribution in [0.1, 0.15) is 39.0 Å². The molecule has 1 amide bonds. The number of nitrogens with one attached hydrogen (secondary N) is 1. The Labute approximate surface area is 92.6 Å². The van der Waals surface area contributed by atoms with Gasteiger partial charge in [0, 0.05) is 26.2 Å². The highest BCUT2D eigenvalue weighted by Crippen LogP contribution is 1.99. The fourth-order valence-electron chi connectivity index (χ4n) is 1.32. The van der Waals surface area contributed by atoms with Crippen molar-refractivity contribution in [2.75, 3.05) is 20.3 Å². The number of amides is 1. The van der Waals surface area contributed by atoms with Gasteiger partial charge in [0.25, 0.3) is 0 Å². The topological polar surface area (TPSA) is 64.3 Å². The molecule has 0 aliphatic rings. The van der Waals surface area contributed by atoms with Crippen LogP contribution >= 0.6 is 0 Å². The van der Waals surface area contributed by atoms with Crippen LogP contribution in [0.4, 0.5) is 0 Å². The first kappa shape index (κ1) is 14.4. The van der Waals surface area contributed by atoms with Crippen molar-refractivity contribution in [1.82, 2.24) is 5.32 Å². The first-order valence-corrected chi connectivity index (χ1v) is 5.69. The van der Waals surface area contributed by atoms with Gasteiger partial charge in [0.1, 0.15) is 0 Å². The highest BCUT2D eigenvalue weighted by molar-refractivity contribution is 5.76. The second-order valence-electron chi connectivity index (χ2n) is 3.85. The standard InChI is InChI=1S/C11H24N2O2/c1-10(7-9-15-2)13-11(14)6-4-3-5-8-12/h10H,3-9,12H2,1-2H3,(H,13,14). The Balaban J connectivity index is 3.38. The van der Waals surface area contributed by atoms with Gasteiger partial charge in [-0.05, 0) is 32.7 Å². The molecule has 0 saturated carbocycles. The van der Waals surface area contributed by atoms with Gasteiger partial charge in [-0.3, -0.25) is 4.79 Å². The summed E-state index contributed by atoms with van der Waals surface area (Å²) in [6, 6.07) is 0.201. The minimum Gasteiger partial charge on any atom is -0.385 e. The maximum absolute atomic E-state index is 11.4. The molecule has 4 heteroatoms. The van der Waals surface area contributed by atoms with E-state index < -0.39 is 0 Å². The Morgan fingerprint density at radius 1 is 1.40 bits per heavy atom. The van der Waals surface area contributed by atoms with Crippen LogP contribution in [0.2, 0.25) is 0 Å². The number of carbonyl (C=O) groups is 1. The molecule has 3 N–H and O–H groups in total. The Kier molecular flexibility index (Phi) is 9.52. The van der Waals surface area contributed by atoms with Gasteiger partial charge in [0.05, 0.1) is 0 Å². The van der Waals surface area contributed by atoms with Gasteiger partial charge in [-0.15, -0.1) is 0 Å². The van der Waals surface area contributed by atoms with E-state index in [1.165, 1.54) is 0 Å². The third-order valence-electron chi connectivity index (χ3n) is 2.27. The lowest BCUT2D eigenvalue weighted by Gasteiger charge is -2.13. The van der Waals surface area contributed by atoms with Crippen LogP contribution in [-0.4, -0.2) is 32.2 Å². The van der Waals surface area contributed by atoms with Gasteiger partial charge in [-0.1, -0.05) is 6.42 Å². The Hall–Kier alpha value is -0.610. The number of carbonyl (C=O) groups excluding carboxylic acids is 1. The molecule has 0 saturated heterocycles. The predicted molar refractivity (Wildman–Crippen MR) is 61.6 cm³/mol. The average molecular weight is 216 g/mol. The van der Waals surface area contributed by atoms with Crippen molar-refractivity contribution in [3.05, 3.63) is 0 Å². The maximum Gasteiger partial charge on any atom is 0.220 e. The van der Waals surface area contributed by atoms with Gasteiger partial charge in [0.2, 0.25) is 5.91 Å². The number of ether oxygens (including phenoxy) is 1. The van der Waals surface area contributed by atoms with Crippen molar-refractivity contribution < 1.29 is 9.53 Å². The molecule has 0 bridgehead atoms. The molecule has 15 heavy (non-hydrogen) atoms. The Bertz CT molecular complexity index is 163. The Morgan fingerprint density at radius 3 is 2.73 bits per heavy atom. The highest BCUT2D eigenvalue weighted by atomic mass is 16.5. The van der Waals surface area contributed by atoms with Gasteiger partial charge in [-0.25, -0.2) is 0 Å². The monoisotopic (exact) mass is 216 g/mol. The quantitative estimate of drug-likeness (QED) is 0.566. The maximum atomic E-state index is 11.4. The van der Waals surface area contributed by atoms with Crippen LogP contribution < -0.4 is 11.1 Å². The van der Waals surface area contributed by atoms with Crippen LogP contribution in [0.15, 0.2) is 0 Å². The molecule has 0 aromatic carbocycles. The summed E-state index contributed by atoms with van der Waals surface area (Å²) in [6.07, 6.45) is 4.45. The number of hydrogen-bond donors (Lipinski definition) is 2. The summed E-state index contributed by atoms with van der Waals surface area (Å²) in [6.45, 7) is 3.40. The zero-order valence-corrected chi connectivity index (χ0v) is 9.92. The van der Waals surface area contributed by atoms with Crippen molar-refractivity contribution in [2.24, 2.45) is 5.73 Å². The summed E-state index contributed by atoms with van der Waals surface area (Å²) in [5.41, 5.74) is 5.37. The zero-order chi connectivity index (χ0) is 11.5. The second kappa shape index (κ2) is 9.93. The van der Waals surface area contributed by atoms with Crippen LogP contribution in [0.3, 0.4) is 0 Å². The van der Waals surface area contributed by atoms with Crippen LogP contribution in [0, 0.1) is 0 Å². The molecule has 0 aromatic heterocycles. The second-order valence-corrected chi connectivity index (χ2v) is 3.85. The molecule has 0 radical (unpaired) electrons. The molecule has 0 aromatic rings. The molecule has 0 spiro atoms. The van der Waals surface area contributed by atoms with E-state index in [0.717, 1.165) is 25.7 Å². The fraction of sp³-hybridized carbons (Fsp3) is 0.909. The molecule has 0 fully saturated rings. The fourth-order valence-corrected chi connectivity index (χ4v) is 1.32. The average Bonchev–Trinajstić information content (AvgIpc) is 2.21. The van der Waals surface area contributed by atoms with E-state index in [1.54, 1.807) is 7.11 Å². The van der Waals surface area contributed by atoms with E-state index in [2.05, 4.69) is 5.32 Å². The summed E-state index contributed by atoms with van der Waals surface area (Å²) in [4.78, 5) is 11.4. The van der Waals surface area contributed by atoms with Crippen molar-refractivity contribution in [3.63, 3.8) is 0 Å². The van der Waals surface area contributed by atoms with Gasteiger partial charge < -0.3 is 15.8 Å². The molecular weight excluding hydrogens is 192 g/mol. The highest BCUT2D eigenvalue weighted by Gasteiger charge is 2.06.